The Morgan fingerprint density at radius 1 is 0.976 bits per heavy atom. The molecule has 2 amide bonds. The van der Waals surface area contributed by atoms with Crippen LogP contribution in [0.3, 0.4) is 0 Å². The highest BCUT2D eigenvalue weighted by Crippen LogP contribution is 2.36. The number of rotatable bonds is 14. The topological polar surface area (TPSA) is 105 Å². The molecule has 9 nitrogen and oxygen atoms in total. The molecule has 0 aliphatic heterocycles. The van der Waals surface area contributed by atoms with Crippen LogP contribution in [0.15, 0.2) is 71.6 Å². The second kappa shape index (κ2) is 15.1. The van der Waals surface area contributed by atoms with Crippen LogP contribution in [-0.4, -0.2) is 58.5 Å². The molecule has 3 aromatic rings. The molecule has 3 aromatic carbocycles. The van der Waals surface area contributed by atoms with Crippen LogP contribution >= 0.6 is 23.2 Å². The third-order valence-electron chi connectivity index (χ3n) is 6.62. The Kier molecular flexibility index (Phi) is 11.9. The van der Waals surface area contributed by atoms with Crippen molar-refractivity contribution in [2.45, 2.75) is 44.2 Å². The first-order chi connectivity index (χ1) is 20.0. The molecule has 0 spiro atoms. The van der Waals surface area contributed by atoms with Crippen LogP contribution in [0.2, 0.25) is 10.0 Å². The maximum Gasteiger partial charge on any atom is 0.264 e. The number of amides is 2. The van der Waals surface area contributed by atoms with Crippen LogP contribution in [0.1, 0.15) is 32.3 Å². The summed E-state index contributed by atoms with van der Waals surface area (Å²) in [5.41, 5.74) is 0.637. The minimum absolute atomic E-state index is 0.0275. The lowest BCUT2D eigenvalue weighted by atomic mass is 10.1. The van der Waals surface area contributed by atoms with Gasteiger partial charge in [0.25, 0.3) is 10.0 Å². The molecule has 226 valence electrons. The lowest BCUT2D eigenvalue weighted by Gasteiger charge is -2.32. The number of sulfonamides is 1. The van der Waals surface area contributed by atoms with Crippen molar-refractivity contribution in [3.05, 3.63) is 82.3 Å². The third-order valence-corrected chi connectivity index (χ3v) is 8.98. The maximum absolute atomic E-state index is 14.1. The molecule has 1 N–H and O–H groups in total. The Hall–Kier alpha value is -3.47. The number of nitrogens with zero attached hydrogens (tertiary/aromatic N) is 2. The van der Waals surface area contributed by atoms with Gasteiger partial charge in [0.2, 0.25) is 11.8 Å². The molecule has 0 aliphatic carbocycles. The fraction of sp³-hybridized carbons (Fsp3) is 0.333. The summed E-state index contributed by atoms with van der Waals surface area (Å²) in [4.78, 5) is 28.5. The zero-order chi connectivity index (χ0) is 30.9. The fourth-order valence-electron chi connectivity index (χ4n) is 4.18. The van der Waals surface area contributed by atoms with Crippen molar-refractivity contribution in [3.63, 3.8) is 0 Å². The smallest absolute Gasteiger partial charge is 0.264 e. The van der Waals surface area contributed by atoms with Crippen molar-refractivity contribution in [1.82, 2.24) is 10.2 Å². The van der Waals surface area contributed by atoms with Crippen molar-refractivity contribution in [3.8, 4) is 11.5 Å². The van der Waals surface area contributed by atoms with Crippen molar-refractivity contribution in [2.75, 3.05) is 31.6 Å². The molecule has 1 atom stereocenters. The van der Waals surface area contributed by atoms with Crippen molar-refractivity contribution >= 4 is 50.7 Å². The van der Waals surface area contributed by atoms with E-state index >= 15 is 0 Å². The van der Waals surface area contributed by atoms with Crippen LogP contribution in [0, 0.1) is 0 Å². The Labute approximate surface area is 257 Å². The minimum atomic E-state index is -4.28. The third kappa shape index (κ3) is 8.08. The summed E-state index contributed by atoms with van der Waals surface area (Å²) < 4.78 is 39.8. The number of ether oxygens (including phenoxy) is 2. The van der Waals surface area contributed by atoms with E-state index < -0.39 is 28.5 Å². The summed E-state index contributed by atoms with van der Waals surface area (Å²) in [6.45, 7) is 3.33. The highest BCUT2D eigenvalue weighted by Gasteiger charge is 2.34. The number of unbranched alkanes of at least 4 members (excludes halogenated alkanes) is 1. The molecule has 0 fully saturated rings. The lowest BCUT2D eigenvalue weighted by molar-refractivity contribution is -0.139. The average molecular weight is 637 g/mol. The largest absolute Gasteiger partial charge is 0.497 e. The standard InChI is InChI=1S/C30H35Cl2N3O6S/c1-5-6-16-33-30(37)21(2)34(19-22-12-13-23(31)17-26(22)32)29(36)20-35(42(38,39)25-10-8-7-9-11-25)27-18-24(40-3)14-15-28(27)41-4/h7-15,17-18,21H,5-6,16,19-20H2,1-4H3,(H,33,37)/t21-/m1/s1. The van der Waals surface area contributed by atoms with E-state index in [1.807, 2.05) is 6.92 Å². The van der Waals surface area contributed by atoms with Crippen LogP contribution in [0.5, 0.6) is 11.5 Å². The molecular weight excluding hydrogens is 601 g/mol. The first-order valence-electron chi connectivity index (χ1n) is 13.3. The first kappa shape index (κ1) is 33.0. The Morgan fingerprint density at radius 3 is 2.31 bits per heavy atom. The quantitative estimate of drug-likeness (QED) is 0.233. The van der Waals surface area contributed by atoms with E-state index in [0.717, 1.165) is 17.1 Å². The number of benzene rings is 3. The summed E-state index contributed by atoms with van der Waals surface area (Å²) >= 11 is 12.5. The van der Waals surface area contributed by atoms with E-state index in [-0.39, 0.29) is 28.8 Å². The van der Waals surface area contributed by atoms with Gasteiger partial charge < -0.3 is 19.7 Å². The van der Waals surface area contributed by atoms with Crippen LogP contribution in [0.25, 0.3) is 0 Å². The SMILES string of the molecule is CCCCNC(=O)[C@@H](C)N(Cc1ccc(Cl)cc1Cl)C(=O)CN(c1cc(OC)ccc1OC)S(=O)(=O)c1ccccc1. The molecule has 0 unspecified atom stereocenters. The number of methoxy groups -OCH3 is 2. The molecule has 0 heterocycles. The van der Waals surface area contributed by atoms with Gasteiger partial charge >= 0.3 is 0 Å². The van der Waals surface area contributed by atoms with Crippen LogP contribution in [0.4, 0.5) is 5.69 Å². The van der Waals surface area contributed by atoms with E-state index in [4.69, 9.17) is 32.7 Å². The van der Waals surface area contributed by atoms with Crippen LogP contribution in [-0.2, 0) is 26.2 Å². The van der Waals surface area contributed by atoms with Gasteiger partial charge in [-0.25, -0.2) is 8.42 Å². The predicted octanol–water partition coefficient (Wildman–Crippen LogP) is 5.54. The van der Waals surface area contributed by atoms with Crippen LogP contribution < -0.4 is 19.1 Å². The number of carbonyl (C=O) groups excluding carboxylic acids is 2. The molecular formula is C30H35Cl2N3O6S. The van der Waals surface area contributed by atoms with Gasteiger partial charge in [-0.05, 0) is 55.3 Å². The van der Waals surface area contributed by atoms with E-state index in [9.17, 15) is 18.0 Å². The number of carbonyl (C=O) groups is 2. The molecule has 3 rings (SSSR count). The Balaban J connectivity index is 2.10. The van der Waals surface area contributed by atoms with Crippen molar-refractivity contribution in [2.24, 2.45) is 0 Å². The molecule has 42 heavy (non-hydrogen) atoms. The zero-order valence-corrected chi connectivity index (χ0v) is 26.3. The number of hydrogen-bond acceptors (Lipinski definition) is 6. The average Bonchev–Trinajstić information content (AvgIpc) is 2.99. The van der Waals surface area contributed by atoms with E-state index in [1.165, 1.54) is 37.3 Å². The van der Waals surface area contributed by atoms with Gasteiger partial charge in [0, 0.05) is 29.2 Å². The zero-order valence-electron chi connectivity index (χ0n) is 24.0. The summed E-state index contributed by atoms with van der Waals surface area (Å²) in [6, 6.07) is 16.3. The molecule has 0 saturated carbocycles. The van der Waals surface area contributed by atoms with E-state index in [2.05, 4.69) is 5.32 Å². The predicted molar refractivity (Wildman–Crippen MR) is 165 cm³/mol. The molecule has 0 saturated heterocycles. The summed E-state index contributed by atoms with van der Waals surface area (Å²) in [7, 11) is -1.44. The Bertz CT molecular complexity index is 1490. The second-order valence-electron chi connectivity index (χ2n) is 9.44. The lowest BCUT2D eigenvalue weighted by Crippen LogP contribution is -2.51. The van der Waals surface area contributed by atoms with Gasteiger partial charge in [0.05, 0.1) is 24.8 Å². The van der Waals surface area contributed by atoms with Gasteiger partial charge in [-0.1, -0.05) is 60.8 Å². The first-order valence-corrected chi connectivity index (χ1v) is 15.5. The number of hydrogen-bond donors (Lipinski definition) is 1. The molecule has 0 bridgehead atoms. The second-order valence-corrected chi connectivity index (χ2v) is 12.1. The van der Waals surface area contributed by atoms with E-state index in [1.54, 1.807) is 55.5 Å². The molecule has 12 heteroatoms. The normalized spacial score (nSPS) is 11.9. The minimum Gasteiger partial charge on any atom is -0.497 e. The molecule has 0 radical (unpaired) electrons. The molecule has 0 aromatic heterocycles. The van der Waals surface area contributed by atoms with Gasteiger partial charge in [-0.3, -0.25) is 13.9 Å². The van der Waals surface area contributed by atoms with Gasteiger partial charge in [0.1, 0.15) is 24.1 Å². The Morgan fingerprint density at radius 2 is 1.69 bits per heavy atom. The van der Waals surface area contributed by atoms with E-state index in [0.29, 0.717) is 27.9 Å². The highest BCUT2D eigenvalue weighted by atomic mass is 35.5. The maximum atomic E-state index is 14.1. The van der Waals surface area contributed by atoms with Crippen molar-refractivity contribution in [1.29, 1.82) is 0 Å². The summed E-state index contributed by atoms with van der Waals surface area (Å²) in [5, 5.41) is 3.57. The number of halogens is 2. The van der Waals surface area contributed by atoms with Gasteiger partial charge in [0.15, 0.2) is 0 Å². The summed E-state index contributed by atoms with van der Waals surface area (Å²) in [5.74, 6) is -0.442. The monoisotopic (exact) mass is 635 g/mol. The highest BCUT2D eigenvalue weighted by molar-refractivity contribution is 7.92. The van der Waals surface area contributed by atoms with Gasteiger partial charge in [-0.15, -0.1) is 0 Å². The number of anilines is 1. The van der Waals surface area contributed by atoms with Crippen molar-refractivity contribution < 1.29 is 27.5 Å². The number of nitrogens with one attached hydrogen (secondary N) is 1. The van der Waals surface area contributed by atoms with Gasteiger partial charge in [-0.2, -0.15) is 0 Å². The fourth-order valence-corrected chi connectivity index (χ4v) is 6.08. The molecule has 0 aliphatic rings. The summed E-state index contributed by atoms with van der Waals surface area (Å²) in [6.07, 6.45) is 1.65.